The highest BCUT2D eigenvalue weighted by Crippen LogP contribution is 2.21. The summed E-state index contributed by atoms with van der Waals surface area (Å²) in [6, 6.07) is 0. The van der Waals surface area contributed by atoms with Gasteiger partial charge in [-0.25, -0.2) is 9.78 Å². The van der Waals surface area contributed by atoms with Crippen LogP contribution in [-0.4, -0.2) is 44.9 Å². The number of likely N-dealkylation sites (tertiary alicyclic amines) is 1. The van der Waals surface area contributed by atoms with Gasteiger partial charge in [-0.05, 0) is 20.8 Å². The van der Waals surface area contributed by atoms with Gasteiger partial charge in [-0.15, -0.1) is 11.3 Å². The lowest BCUT2D eigenvalue weighted by Crippen LogP contribution is -2.46. The van der Waals surface area contributed by atoms with E-state index in [-0.39, 0.29) is 17.8 Å². The highest BCUT2D eigenvalue weighted by molar-refractivity contribution is 7.15. The molecule has 2 aromatic rings. The molecule has 0 spiro atoms. The van der Waals surface area contributed by atoms with Gasteiger partial charge in [0.15, 0.2) is 4.96 Å². The molecule has 1 saturated heterocycles. The third-order valence-electron chi connectivity index (χ3n) is 3.77. The van der Waals surface area contributed by atoms with Gasteiger partial charge in [0.25, 0.3) is 0 Å². The number of ketones is 1. The SMILES string of the molecule is CC(C)(C)OC(=O)N1CCC(=O)C(Cc2cn3ccsc3n2)C1. The first kappa shape index (κ1) is 16.0. The number of thiazole rings is 1. The first-order valence-electron chi connectivity index (χ1n) is 7.73. The van der Waals surface area contributed by atoms with Crippen molar-refractivity contribution in [1.29, 1.82) is 0 Å². The van der Waals surface area contributed by atoms with Crippen molar-refractivity contribution in [3.05, 3.63) is 23.5 Å². The Bertz CT molecular complexity index is 700. The molecule has 23 heavy (non-hydrogen) atoms. The van der Waals surface area contributed by atoms with E-state index in [4.69, 9.17) is 4.74 Å². The van der Waals surface area contributed by atoms with Crippen molar-refractivity contribution >= 4 is 28.2 Å². The van der Waals surface area contributed by atoms with E-state index >= 15 is 0 Å². The van der Waals surface area contributed by atoms with Crippen LogP contribution in [0.25, 0.3) is 4.96 Å². The van der Waals surface area contributed by atoms with E-state index in [2.05, 4.69) is 4.98 Å². The zero-order valence-corrected chi connectivity index (χ0v) is 14.4. The van der Waals surface area contributed by atoms with Crippen molar-refractivity contribution in [1.82, 2.24) is 14.3 Å². The molecule has 124 valence electrons. The molecule has 1 amide bonds. The largest absolute Gasteiger partial charge is 0.444 e. The zero-order valence-electron chi connectivity index (χ0n) is 13.6. The summed E-state index contributed by atoms with van der Waals surface area (Å²) in [4.78, 5) is 31.5. The first-order chi connectivity index (χ1) is 10.8. The summed E-state index contributed by atoms with van der Waals surface area (Å²) in [6.45, 7) is 6.36. The van der Waals surface area contributed by atoms with Crippen LogP contribution in [0.4, 0.5) is 4.79 Å². The summed E-state index contributed by atoms with van der Waals surface area (Å²) in [7, 11) is 0. The third-order valence-corrected chi connectivity index (χ3v) is 4.55. The summed E-state index contributed by atoms with van der Waals surface area (Å²) in [5.41, 5.74) is 0.365. The highest BCUT2D eigenvalue weighted by atomic mass is 32.1. The van der Waals surface area contributed by atoms with Crippen molar-refractivity contribution < 1.29 is 14.3 Å². The molecule has 7 heteroatoms. The first-order valence-corrected chi connectivity index (χ1v) is 8.61. The van der Waals surface area contributed by atoms with Gasteiger partial charge in [0.1, 0.15) is 11.4 Å². The van der Waals surface area contributed by atoms with Gasteiger partial charge < -0.3 is 9.64 Å². The van der Waals surface area contributed by atoms with E-state index in [0.717, 1.165) is 10.7 Å². The standard InChI is InChI=1S/C16H21N3O3S/c1-16(2,3)22-15(21)19-5-4-13(20)11(9-19)8-12-10-18-6-7-23-14(18)17-12/h6-7,10-11H,4-5,8-9H2,1-3H3. The minimum absolute atomic E-state index is 0.196. The minimum Gasteiger partial charge on any atom is -0.444 e. The number of hydrogen-bond donors (Lipinski definition) is 0. The lowest BCUT2D eigenvalue weighted by Gasteiger charge is -2.33. The molecule has 6 nitrogen and oxygen atoms in total. The van der Waals surface area contributed by atoms with Gasteiger partial charge in [0, 0.05) is 49.6 Å². The smallest absolute Gasteiger partial charge is 0.410 e. The third kappa shape index (κ3) is 3.72. The van der Waals surface area contributed by atoms with Crippen molar-refractivity contribution in [2.75, 3.05) is 13.1 Å². The number of hydrogen-bond acceptors (Lipinski definition) is 5. The van der Waals surface area contributed by atoms with Crippen LogP contribution in [-0.2, 0) is 16.0 Å². The molecule has 0 aromatic carbocycles. The van der Waals surface area contributed by atoms with Gasteiger partial charge in [0.05, 0.1) is 5.69 Å². The zero-order chi connectivity index (χ0) is 16.6. The fourth-order valence-corrected chi connectivity index (χ4v) is 3.42. The summed E-state index contributed by atoms with van der Waals surface area (Å²) in [5, 5.41) is 1.97. The fraction of sp³-hybridized carbons (Fsp3) is 0.562. The molecule has 0 aliphatic carbocycles. The Morgan fingerprint density at radius 3 is 2.96 bits per heavy atom. The number of carbonyl (C=O) groups is 2. The molecule has 2 aromatic heterocycles. The van der Waals surface area contributed by atoms with Crippen LogP contribution >= 0.6 is 11.3 Å². The Labute approximate surface area is 139 Å². The molecule has 1 aliphatic rings. The molecular weight excluding hydrogens is 314 g/mol. The Morgan fingerprint density at radius 2 is 2.26 bits per heavy atom. The van der Waals surface area contributed by atoms with Gasteiger partial charge >= 0.3 is 6.09 Å². The average Bonchev–Trinajstić information content (AvgIpc) is 3.00. The van der Waals surface area contributed by atoms with Crippen LogP contribution in [0, 0.1) is 5.92 Å². The second kappa shape index (κ2) is 5.96. The topological polar surface area (TPSA) is 63.9 Å². The second-order valence-electron chi connectivity index (χ2n) is 6.87. The van der Waals surface area contributed by atoms with Crippen molar-refractivity contribution in [3.8, 4) is 0 Å². The fourth-order valence-electron chi connectivity index (χ4n) is 2.71. The van der Waals surface area contributed by atoms with Gasteiger partial charge in [0.2, 0.25) is 0 Å². The Morgan fingerprint density at radius 1 is 1.48 bits per heavy atom. The Hall–Kier alpha value is -1.89. The minimum atomic E-state index is -0.526. The van der Waals surface area contributed by atoms with E-state index < -0.39 is 5.60 Å². The maximum atomic E-state index is 12.2. The maximum absolute atomic E-state index is 12.2. The van der Waals surface area contributed by atoms with E-state index in [1.54, 1.807) is 16.2 Å². The van der Waals surface area contributed by atoms with Gasteiger partial charge in [-0.1, -0.05) is 0 Å². The Balaban J connectivity index is 1.67. The van der Waals surface area contributed by atoms with Crippen molar-refractivity contribution in [2.24, 2.45) is 5.92 Å². The summed E-state index contributed by atoms with van der Waals surface area (Å²) < 4.78 is 7.36. The molecule has 1 atom stereocenters. The molecule has 0 bridgehead atoms. The predicted octanol–water partition coefficient (Wildman–Crippen LogP) is 2.76. The quantitative estimate of drug-likeness (QED) is 0.846. The van der Waals surface area contributed by atoms with Crippen LogP contribution < -0.4 is 0 Å². The number of amides is 1. The van der Waals surface area contributed by atoms with Crippen LogP contribution in [0.3, 0.4) is 0 Å². The normalized spacial score (nSPS) is 19.3. The molecule has 0 saturated carbocycles. The van der Waals surface area contributed by atoms with Crippen molar-refractivity contribution in [2.45, 2.75) is 39.2 Å². The number of piperidine rings is 1. The van der Waals surface area contributed by atoms with E-state index in [1.807, 2.05) is 42.9 Å². The lowest BCUT2D eigenvalue weighted by atomic mass is 9.92. The van der Waals surface area contributed by atoms with Crippen LogP contribution in [0.2, 0.25) is 0 Å². The van der Waals surface area contributed by atoms with Crippen molar-refractivity contribution in [3.63, 3.8) is 0 Å². The monoisotopic (exact) mass is 335 g/mol. The molecule has 0 N–H and O–H groups in total. The molecular formula is C16H21N3O3S. The number of carbonyl (C=O) groups excluding carboxylic acids is 2. The highest BCUT2D eigenvalue weighted by Gasteiger charge is 2.32. The van der Waals surface area contributed by atoms with Gasteiger partial charge in [-0.3, -0.25) is 9.20 Å². The predicted molar refractivity (Wildman–Crippen MR) is 87.7 cm³/mol. The number of rotatable bonds is 2. The number of imidazole rings is 1. The van der Waals surface area contributed by atoms with Crippen LogP contribution in [0.1, 0.15) is 32.9 Å². The van der Waals surface area contributed by atoms with E-state index in [1.165, 1.54) is 0 Å². The van der Waals surface area contributed by atoms with Crippen LogP contribution in [0.5, 0.6) is 0 Å². The number of Topliss-reactive ketones (excluding diaryl/α,β-unsaturated/α-hetero) is 1. The maximum Gasteiger partial charge on any atom is 0.410 e. The molecule has 3 heterocycles. The number of ether oxygens (including phenoxy) is 1. The molecule has 3 rings (SSSR count). The summed E-state index contributed by atoms with van der Waals surface area (Å²) in [5.74, 6) is -0.0120. The summed E-state index contributed by atoms with van der Waals surface area (Å²) >= 11 is 1.57. The number of aromatic nitrogens is 2. The van der Waals surface area contributed by atoms with Crippen LogP contribution in [0.15, 0.2) is 17.8 Å². The molecule has 1 fully saturated rings. The lowest BCUT2D eigenvalue weighted by molar-refractivity contribution is -0.125. The molecule has 1 unspecified atom stereocenters. The number of fused-ring (bicyclic) bond motifs is 1. The average molecular weight is 335 g/mol. The van der Waals surface area contributed by atoms with E-state index in [9.17, 15) is 9.59 Å². The molecule has 0 radical (unpaired) electrons. The molecule has 1 aliphatic heterocycles. The second-order valence-corrected chi connectivity index (χ2v) is 7.74. The van der Waals surface area contributed by atoms with E-state index in [0.29, 0.717) is 25.9 Å². The Kier molecular flexibility index (Phi) is 4.14. The number of nitrogens with zero attached hydrogens (tertiary/aromatic N) is 3. The van der Waals surface area contributed by atoms with Gasteiger partial charge in [-0.2, -0.15) is 0 Å². The summed E-state index contributed by atoms with van der Waals surface area (Å²) in [6.07, 6.45) is 4.50.